The number of aliphatic hydroxyl groups excluding tert-OH is 1. The van der Waals surface area contributed by atoms with E-state index in [0.29, 0.717) is 49.1 Å². The van der Waals surface area contributed by atoms with Gasteiger partial charge < -0.3 is 20.1 Å². The number of fused-ring (bicyclic) bond motifs is 1. The molecule has 7 nitrogen and oxygen atoms in total. The predicted octanol–water partition coefficient (Wildman–Crippen LogP) is 4.54. The molecule has 7 rings (SSSR count). The standard InChI is InChI=1S/C28H29FN2O5/c1-15-10-17(2-5-21(15)29)22-19-4-3-18(32)11-20(19)24(30-23(22)16-6-8-36-9-7-16)25(33)31-28-12-27(13-28,14-28)26(34)35/h2-5,10-11,16,25,31-33H,6-9,12-14H2,1H3,(H,34,35). The van der Waals surface area contributed by atoms with Crippen LogP contribution in [0.4, 0.5) is 4.39 Å². The summed E-state index contributed by atoms with van der Waals surface area (Å²) in [7, 11) is 0. The lowest BCUT2D eigenvalue weighted by molar-refractivity contribution is -0.206. The predicted molar refractivity (Wildman–Crippen MR) is 131 cm³/mol. The van der Waals surface area contributed by atoms with Gasteiger partial charge in [-0.1, -0.05) is 6.07 Å². The fraction of sp³-hybridized carbons (Fsp3) is 0.429. The molecule has 0 amide bonds. The van der Waals surface area contributed by atoms with Crippen molar-refractivity contribution in [1.29, 1.82) is 0 Å². The highest BCUT2D eigenvalue weighted by atomic mass is 19.1. The van der Waals surface area contributed by atoms with E-state index in [2.05, 4.69) is 5.32 Å². The van der Waals surface area contributed by atoms with Gasteiger partial charge in [-0.2, -0.15) is 0 Å². The van der Waals surface area contributed by atoms with Crippen molar-refractivity contribution in [2.24, 2.45) is 5.41 Å². The molecule has 1 aliphatic heterocycles. The van der Waals surface area contributed by atoms with Crippen LogP contribution in [-0.2, 0) is 9.53 Å². The Hall–Kier alpha value is -3.07. The molecule has 36 heavy (non-hydrogen) atoms. The van der Waals surface area contributed by atoms with E-state index in [1.807, 2.05) is 12.1 Å². The first-order valence-corrected chi connectivity index (χ1v) is 12.4. The van der Waals surface area contributed by atoms with Crippen LogP contribution in [0.3, 0.4) is 0 Å². The lowest BCUT2D eigenvalue weighted by atomic mass is 9.39. The number of aromatic hydroxyl groups is 1. The summed E-state index contributed by atoms with van der Waals surface area (Å²) >= 11 is 0. The van der Waals surface area contributed by atoms with E-state index in [0.717, 1.165) is 35.0 Å². The number of pyridine rings is 1. The Morgan fingerprint density at radius 2 is 1.86 bits per heavy atom. The molecule has 1 atom stereocenters. The Morgan fingerprint density at radius 1 is 1.14 bits per heavy atom. The van der Waals surface area contributed by atoms with Crippen molar-refractivity contribution in [3.05, 3.63) is 59.2 Å². The summed E-state index contributed by atoms with van der Waals surface area (Å²) in [6.45, 7) is 2.95. The van der Waals surface area contributed by atoms with E-state index in [1.54, 1.807) is 25.1 Å². The van der Waals surface area contributed by atoms with E-state index in [-0.39, 0.29) is 17.5 Å². The lowest BCUT2D eigenvalue weighted by Crippen LogP contribution is -2.76. The molecule has 0 spiro atoms. The number of ether oxygens (including phenoxy) is 1. The first-order chi connectivity index (χ1) is 17.2. The number of hydrogen-bond acceptors (Lipinski definition) is 6. The molecular weight excluding hydrogens is 463 g/mol. The number of phenols is 1. The van der Waals surface area contributed by atoms with Crippen molar-refractivity contribution < 1.29 is 29.2 Å². The third-order valence-corrected chi connectivity index (χ3v) is 8.29. The number of aromatic nitrogens is 1. The van der Waals surface area contributed by atoms with Crippen molar-refractivity contribution in [3.63, 3.8) is 0 Å². The Kier molecular flexibility index (Phi) is 5.33. The number of hydrogen-bond donors (Lipinski definition) is 4. The Bertz CT molecular complexity index is 1360. The highest BCUT2D eigenvalue weighted by Crippen LogP contribution is 2.67. The molecular formula is C28H29FN2O5. The monoisotopic (exact) mass is 492 g/mol. The van der Waals surface area contributed by atoms with Crippen LogP contribution in [0.2, 0.25) is 0 Å². The van der Waals surface area contributed by atoms with Crippen LogP contribution < -0.4 is 5.32 Å². The van der Waals surface area contributed by atoms with E-state index in [4.69, 9.17) is 9.72 Å². The van der Waals surface area contributed by atoms with Crippen molar-refractivity contribution >= 4 is 16.7 Å². The third-order valence-electron chi connectivity index (χ3n) is 8.29. The van der Waals surface area contributed by atoms with Gasteiger partial charge in [0, 0.05) is 35.6 Å². The molecule has 1 aromatic heterocycles. The maximum atomic E-state index is 14.1. The molecule has 2 heterocycles. The molecule has 3 aromatic rings. The van der Waals surface area contributed by atoms with Gasteiger partial charge in [-0.05, 0) is 85.9 Å². The summed E-state index contributed by atoms with van der Waals surface area (Å²) in [5.74, 6) is -0.924. The summed E-state index contributed by atoms with van der Waals surface area (Å²) in [4.78, 5) is 16.5. The highest BCUT2D eigenvalue weighted by Gasteiger charge is 2.72. The van der Waals surface area contributed by atoms with Gasteiger partial charge in [0.05, 0.1) is 16.8 Å². The van der Waals surface area contributed by atoms with Crippen LogP contribution in [0, 0.1) is 18.2 Å². The molecule has 2 bridgehead atoms. The second-order valence-electron chi connectivity index (χ2n) is 10.8. The number of nitrogens with one attached hydrogen (secondary N) is 1. The molecule has 4 fully saturated rings. The number of carboxylic acids is 1. The normalized spacial score (nSPS) is 26.3. The SMILES string of the molecule is Cc1cc(-c2c(C3CCOCC3)nc(C(O)NC34CC(C(=O)O)(C3)C4)c3cc(O)ccc23)ccc1F. The van der Waals surface area contributed by atoms with Gasteiger partial charge in [0.25, 0.3) is 0 Å². The topological polar surface area (TPSA) is 112 Å². The molecule has 1 saturated heterocycles. The maximum absolute atomic E-state index is 14.1. The zero-order chi connectivity index (χ0) is 25.2. The number of aliphatic carboxylic acids is 1. The number of nitrogens with zero attached hydrogens (tertiary/aromatic N) is 1. The summed E-state index contributed by atoms with van der Waals surface area (Å²) in [5, 5.41) is 35.8. The lowest BCUT2D eigenvalue weighted by Gasteiger charge is -2.68. The van der Waals surface area contributed by atoms with Gasteiger partial charge >= 0.3 is 5.97 Å². The molecule has 2 aromatic carbocycles. The first kappa shape index (κ1) is 23.3. The van der Waals surface area contributed by atoms with Crippen molar-refractivity contribution in [3.8, 4) is 16.9 Å². The Morgan fingerprint density at radius 3 is 2.53 bits per heavy atom. The molecule has 0 radical (unpaired) electrons. The number of carbonyl (C=O) groups is 1. The smallest absolute Gasteiger partial charge is 0.309 e. The number of aliphatic hydroxyl groups is 1. The van der Waals surface area contributed by atoms with E-state index < -0.39 is 23.2 Å². The zero-order valence-corrected chi connectivity index (χ0v) is 20.1. The number of benzene rings is 2. The fourth-order valence-corrected chi connectivity index (χ4v) is 6.45. The maximum Gasteiger partial charge on any atom is 0.309 e. The van der Waals surface area contributed by atoms with Crippen molar-refractivity contribution in [2.45, 2.75) is 56.7 Å². The van der Waals surface area contributed by atoms with Crippen molar-refractivity contribution in [2.75, 3.05) is 13.2 Å². The number of rotatable bonds is 6. The van der Waals surface area contributed by atoms with Gasteiger partial charge in [-0.15, -0.1) is 0 Å². The van der Waals surface area contributed by atoms with Crippen LogP contribution in [-0.4, -0.2) is 45.0 Å². The first-order valence-electron chi connectivity index (χ1n) is 12.4. The van der Waals surface area contributed by atoms with Gasteiger partial charge in [0.15, 0.2) is 0 Å². The fourth-order valence-electron chi connectivity index (χ4n) is 6.45. The zero-order valence-electron chi connectivity index (χ0n) is 20.1. The van der Waals surface area contributed by atoms with Crippen LogP contribution >= 0.6 is 0 Å². The van der Waals surface area contributed by atoms with Crippen LogP contribution in [0.25, 0.3) is 21.9 Å². The summed E-state index contributed by atoms with van der Waals surface area (Å²) in [5.41, 5.74) is 2.37. The van der Waals surface area contributed by atoms with Gasteiger partial charge in [0.1, 0.15) is 17.8 Å². The van der Waals surface area contributed by atoms with Gasteiger partial charge in [-0.25, -0.2) is 4.39 Å². The Labute approximate surface area is 207 Å². The minimum absolute atomic E-state index is 0.0492. The molecule has 4 aliphatic rings. The summed E-state index contributed by atoms with van der Waals surface area (Å²) < 4.78 is 19.7. The van der Waals surface area contributed by atoms with Crippen LogP contribution in [0.1, 0.15) is 61.2 Å². The minimum Gasteiger partial charge on any atom is -0.508 e. The molecule has 8 heteroatoms. The molecule has 188 valence electrons. The van der Waals surface area contributed by atoms with E-state index in [9.17, 15) is 24.5 Å². The molecule has 3 saturated carbocycles. The van der Waals surface area contributed by atoms with E-state index in [1.165, 1.54) is 6.07 Å². The average molecular weight is 493 g/mol. The van der Waals surface area contributed by atoms with Crippen molar-refractivity contribution in [1.82, 2.24) is 10.3 Å². The number of halogens is 1. The second-order valence-corrected chi connectivity index (χ2v) is 10.8. The van der Waals surface area contributed by atoms with Crippen LogP contribution in [0.15, 0.2) is 36.4 Å². The van der Waals surface area contributed by atoms with Gasteiger partial charge in [0.2, 0.25) is 0 Å². The number of carboxylic acid groups (broad SMARTS) is 1. The summed E-state index contributed by atoms with van der Waals surface area (Å²) in [6.07, 6.45) is 1.86. The average Bonchev–Trinajstić information content (AvgIpc) is 2.81. The highest BCUT2D eigenvalue weighted by molar-refractivity contribution is 6.00. The third kappa shape index (κ3) is 3.58. The Balaban J connectivity index is 1.49. The molecule has 4 N–H and O–H groups in total. The second kappa shape index (κ2) is 8.23. The van der Waals surface area contributed by atoms with Gasteiger partial charge in [-0.3, -0.25) is 15.1 Å². The minimum atomic E-state index is -1.14. The quantitative estimate of drug-likeness (QED) is 0.374. The summed E-state index contributed by atoms with van der Waals surface area (Å²) in [6, 6.07) is 10.0. The molecule has 1 unspecified atom stereocenters. The van der Waals surface area contributed by atoms with Crippen LogP contribution in [0.5, 0.6) is 5.75 Å². The van der Waals surface area contributed by atoms with E-state index >= 15 is 0 Å². The largest absolute Gasteiger partial charge is 0.508 e. The number of aryl methyl sites for hydroxylation is 1. The molecule has 3 aliphatic carbocycles. The number of phenolic OH excluding ortho intramolecular Hbond substituents is 1.